The van der Waals surface area contributed by atoms with Gasteiger partial charge in [-0.3, -0.25) is 4.90 Å². The molecule has 0 aromatic heterocycles. The fourth-order valence-electron chi connectivity index (χ4n) is 1.89. The number of rotatable bonds is 4. The van der Waals surface area contributed by atoms with Crippen LogP contribution in [0.15, 0.2) is 11.6 Å². The average Bonchev–Trinajstić information content (AvgIpc) is 2.18. The second-order valence-corrected chi connectivity index (χ2v) is 4.24. The van der Waals surface area contributed by atoms with Gasteiger partial charge < -0.3 is 0 Å². The Morgan fingerprint density at radius 2 is 2.23 bits per heavy atom. The molecule has 0 bridgehead atoms. The Bertz CT molecular complexity index is 172. The highest BCUT2D eigenvalue weighted by molar-refractivity contribution is 5.08. The van der Waals surface area contributed by atoms with Crippen LogP contribution in [-0.2, 0) is 0 Å². The normalized spacial score (nSPS) is 21.3. The van der Waals surface area contributed by atoms with E-state index in [1.165, 1.54) is 38.9 Å². The molecule has 0 saturated heterocycles. The summed E-state index contributed by atoms with van der Waals surface area (Å²) in [5.74, 6) is 0.864. The first-order valence-electron chi connectivity index (χ1n) is 5.66. The lowest BCUT2D eigenvalue weighted by atomic mass is 9.96. The zero-order valence-electron chi connectivity index (χ0n) is 9.34. The molecule has 0 fully saturated rings. The number of nitrogens with zero attached hydrogens (tertiary/aromatic N) is 1. The summed E-state index contributed by atoms with van der Waals surface area (Å²) in [4.78, 5) is 2.54. The second-order valence-electron chi connectivity index (χ2n) is 4.24. The monoisotopic (exact) mass is 181 g/mol. The first kappa shape index (κ1) is 10.8. The lowest BCUT2D eigenvalue weighted by Gasteiger charge is -2.27. The summed E-state index contributed by atoms with van der Waals surface area (Å²) in [6.45, 7) is 10.6. The van der Waals surface area contributed by atoms with E-state index in [4.69, 9.17) is 0 Å². The molecule has 1 aliphatic rings. The Labute approximate surface area is 82.8 Å². The van der Waals surface area contributed by atoms with E-state index in [1.54, 1.807) is 5.57 Å². The number of hydrogen-bond acceptors (Lipinski definition) is 1. The van der Waals surface area contributed by atoms with Gasteiger partial charge >= 0.3 is 0 Å². The summed E-state index contributed by atoms with van der Waals surface area (Å²) in [7, 11) is 0. The molecule has 0 spiro atoms. The van der Waals surface area contributed by atoms with E-state index in [0.29, 0.717) is 0 Å². The van der Waals surface area contributed by atoms with Crippen molar-refractivity contribution in [1.29, 1.82) is 0 Å². The molecule has 76 valence electrons. The molecular weight excluding hydrogens is 158 g/mol. The van der Waals surface area contributed by atoms with Crippen molar-refractivity contribution < 1.29 is 0 Å². The van der Waals surface area contributed by atoms with Gasteiger partial charge in [-0.05, 0) is 25.3 Å². The van der Waals surface area contributed by atoms with Crippen LogP contribution in [0, 0.1) is 5.92 Å². The Kier molecular flexibility index (Phi) is 4.51. The summed E-state index contributed by atoms with van der Waals surface area (Å²) in [6.07, 6.45) is 6.34. The van der Waals surface area contributed by atoms with Crippen LogP contribution in [0.2, 0.25) is 0 Å². The van der Waals surface area contributed by atoms with Crippen LogP contribution in [0.4, 0.5) is 0 Å². The van der Waals surface area contributed by atoms with Gasteiger partial charge in [-0.2, -0.15) is 0 Å². The Morgan fingerprint density at radius 3 is 2.85 bits per heavy atom. The maximum absolute atomic E-state index is 2.54. The summed E-state index contributed by atoms with van der Waals surface area (Å²) in [5.41, 5.74) is 1.67. The highest BCUT2D eigenvalue weighted by Gasteiger charge is 2.12. The molecule has 0 saturated carbocycles. The third-order valence-electron chi connectivity index (χ3n) is 3.06. The van der Waals surface area contributed by atoms with E-state index in [2.05, 4.69) is 31.7 Å². The molecule has 1 atom stereocenters. The van der Waals surface area contributed by atoms with Crippen LogP contribution in [0.3, 0.4) is 0 Å². The third-order valence-corrected chi connectivity index (χ3v) is 3.06. The fourth-order valence-corrected chi connectivity index (χ4v) is 1.89. The summed E-state index contributed by atoms with van der Waals surface area (Å²) < 4.78 is 0. The highest BCUT2D eigenvalue weighted by Crippen LogP contribution is 2.19. The predicted octanol–water partition coefficient (Wildman–Crippen LogP) is 3.07. The SMILES string of the molecule is CC[C@H](C)CC1=CCCN(CC)C1. The van der Waals surface area contributed by atoms with Gasteiger partial charge in [0.15, 0.2) is 0 Å². The molecular formula is C12H23N. The summed E-state index contributed by atoms with van der Waals surface area (Å²) >= 11 is 0. The van der Waals surface area contributed by atoms with Crippen molar-refractivity contribution in [2.45, 2.75) is 40.0 Å². The van der Waals surface area contributed by atoms with E-state index in [9.17, 15) is 0 Å². The predicted molar refractivity (Wildman–Crippen MR) is 58.9 cm³/mol. The molecule has 1 nitrogen and oxygen atoms in total. The zero-order chi connectivity index (χ0) is 9.68. The Balaban J connectivity index is 2.37. The van der Waals surface area contributed by atoms with Crippen molar-refractivity contribution in [2.24, 2.45) is 5.92 Å². The quantitative estimate of drug-likeness (QED) is 0.602. The highest BCUT2D eigenvalue weighted by atomic mass is 15.1. The van der Waals surface area contributed by atoms with Crippen molar-refractivity contribution in [3.05, 3.63) is 11.6 Å². The molecule has 13 heavy (non-hydrogen) atoms. The zero-order valence-corrected chi connectivity index (χ0v) is 9.34. The minimum absolute atomic E-state index is 0.864. The van der Waals surface area contributed by atoms with E-state index in [1.807, 2.05) is 0 Å². The van der Waals surface area contributed by atoms with Gasteiger partial charge in [0, 0.05) is 13.1 Å². The standard InChI is InChI=1S/C12H23N/c1-4-11(3)9-12-7-6-8-13(5-2)10-12/h7,11H,4-6,8-10H2,1-3H3/t11-/m0/s1. The van der Waals surface area contributed by atoms with Gasteiger partial charge in [0.25, 0.3) is 0 Å². The van der Waals surface area contributed by atoms with Gasteiger partial charge in [0.1, 0.15) is 0 Å². The molecule has 1 aliphatic heterocycles. The third kappa shape index (κ3) is 3.51. The van der Waals surface area contributed by atoms with Crippen molar-refractivity contribution in [2.75, 3.05) is 19.6 Å². The molecule has 0 aliphatic carbocycles. The van der Waals surface area contributed by atoms with Crippen LogP contribution in [0.25, 0.3) is 0 Å². The summed E-state index contributed by atoms with van der Waals surface area (Å²) in [6, 6.07) is 0. The first-order chi connectivity index (χ1) is 6.26. The number of likely N-dealkylation sites (N-methyl/N-ethyl adjacent to an activating group) is 1. The van der Waals surface area contributed by atoms with Crippen molar-refractivity contribution >= 4 is 0 Å². The van der Waals surface area contributed by atoms with Crippen molar-refractivity contribution in [3.63, 3.8) is 0 Å². The molecule has 0 radical (unpaired) electrons. The van der Waals surface area contributed by atoms with Crippen molar-refractivity contribution in [1.82, 2.24) is 4.90 Å². The van der Waals surface area contributed by atoms with Gasteiger partial charge in [-0.15, -0.1) is 0 Å². The van der Waals surface area contributed by atoms with Crippen LogP contribution in [-0.4, -0.2) is 24.5 Å². The first-order valence-corrected chi connectivity index (χ1v) is 5.66. The summed E-state index contributed by atoms with van der Waals surface area (Å²) in [5, 5.41) is 0. The molecule has 0 amide bonds. The van der Waals surface area contributed by atoms with Crippen molar-refractivity contribution in [3.8, 4) is 0 Å². The smallest absolute Gasteiger partial charge is 0.0192 e. The largest absolute Gasteiger partial charge is 0.299 e. The molecule has 1 heteroatoms. The van der Waals surface area contributed by atoms with E-state index in [-0.39, 0.29) is 0 Å². The van der Waals surface area contributed by atoms with Crippen LogP contribution >= 0.6 is 0 Å². The minimum Gasteiger partial charge on any atom is -0.299 e. The lowest BCUT2D eigenvalue weighted by Crippen LogP contribution is -2.30. The molecule has 0 unspecified atom stereocenters. The molecule has 1 rings (SSSR count). The van der Waals surface area contributed by atoms with Crippen LogP contribution < -0.4 is 0 Å². The maximum Gasteiger partial charge on any atom is 0.0192 e. The van der Waals surface area contributed by atoms with E-state index < -0.39 is 0 Å². The topological polar surface area (TPSA) is 3.24 Å². The van der Waals surface area contributed by atoms with Gasteiger partial charge in [0.05, 0.1) is 0 Å². The molecule has 0 N–H and O–H groups in total. The average molecular weight is 181 g/mol. The molecule has 0 aromatic rings. The Hall–Kier alpha value is -0.300. The van der Waals surface area contributed by atoms with E-state index in [0.717, 1.165) is 5.92 Å². The second kappa shape index (κ2) is 5.43. The minimum atomic E-state index is 0.864. The molecule has 0 aromatic carbocycles. The lowest BCUT2D eigenvalue weighted by molar-refractivity contribution is 0.298. The Morgan fingerprint density at radius 1 is 1.46 bits per heavy atom. The fraction of sp³-hybridized carbons (Fsp3) is 0.833. The molecule has 1 heterocycles. The van der Waals surface area contributed by atoms with E-state index >= 15 is 0 Å². The van der Waals surface area contributed by atoms with Crippen LogP contribution in [0.5, 0.6) is 0 Å². The van der Waals surface area contributed by atoms with Gasteiger partial charge in [0.2, 0.25) is 0 Å². The number of hydrogen-bond donors (Lipinski definition) is 0. The van der Waals surface area contributed by atoms with Crippen LogP contribution in [0.1, 0.15) is 40.0 Å². The van der Waals surface area contributed by atoms with Gasteiger partial charge in [-0.1, -0.05) is 38.8 Å². The van der Waals surface area contributed by atoms with Gasteiger partial charge in [-0.25, -0.2) is 0 Å². The maximum atomic E-state index is 2.54.